The van der Waals surface area contributed by atoms with Crippen molar-refractivity contribution in [3.8, 4) is 0 Å². The van der Waals surface area contributed by atoms with Crippen molar-refractivity contribution in [3.63, 3.8) is 0 Å². The fourth-order valence-corrected chi connectivity index (χ4v) is 2.02. The molecule has 0 aliphatic rings. The third-order valence-electron chi connectivity index (χ3n) is 3.23. The van der Waals surface area contributed by atoms with Gasteiger partial charge in [0.15, 0.2) is 5.76 Å². The minimum atomic E-state index is -1.12. The van der Waals surface area contributed by atoms with Crippen LogP contribution in [0.25, 0.3) is 0 Å². The monoisotopic (exact) mass is 415 g/mol. The zero-order valence-corrected chi connectivity index (χ0v) is 16.7. The van der Waals surface area contributed by atoms with Gasteiger partial charge in [-0.2, -0.15) is 0 Å². The smallest absolute Gasteiger partial charge is 0.330 e. The standard InChI is InChI=1S/C18H23F2N3O6/c1-6-14(21-12(3)25)18(23(27)28)16(9-11(2)24)29-17(26)8-7-13(20)15(10-19)22(4)5/h6-7,10H,8-9H2,1-5H3,(H,21,25)/b13-7+,14-6+,15-10-,18-16-. The van der Waals surface area contributed by atoms with Crippen molar-refractivity contribution >= 4 is 17.7 Å². The van der Waals surface area contributed by atoms with Crippen molar-refractivity contribution in [1.82, 2.24) is 10.2 Å². The summed E-state index contributed by atoms with van der Waals surface area (Å²) in [5.41, 5.74) is -1.48. The zero-order chi connectivity index (χ0) is 22.7. The highest BCUT2D eigenvalue weighted by atomic mass is 19.1. The largest absolute Gasteiger partial charge is 0.423 e. The number of rotatable bonds is 10. The lowest BCUT2D eigenvalue weighted by Crippen LogP contribution is -2.25. The van der Waals surface area contributed by atoms with Gasteiger partial charge >= 0.3 is 11.7 Å². The highest BCUT2D eigenvalue weighted by molar-refractivity contribution is 5.80. The first-order valence-corrected chi connectivity index (χ1v) is 8.30. The molecule has 11 heteroatoms. The first-order valence-electron chi connectivity index (χ1n) is 8.30. The van der Waals surface area contributed by atoms with E-state index >= 15 is 0 Å². The van der Waals surface area contributed by atoms with E-state index in [0.29, 0.717) is 0 Å². The van der Waals surface area contributed by atoms with Gasteiger partial charge in [0, 0.05) is 21.0 Å². The molecule has 0 aliphatic heterocycles. The van der Waals surface area contributed by atoms with Crippen molar-refractivity contribution in [3.05, 3.63) is 57.3 Å². The molecular formula is C18H23F2N3O6. The average molecular weight is 415 g/mol. The van der Waals surface area contributed by atoms with E-state index in [1.165, 1.54) is 27.1 Å². The summed E-state index contributed by atoms with van der Waals surface area (Å²) in [6.45, 7) is 3.63. The van der Waals surface area contributed by atoms with Crippen LogP contribution in [0.2, 0.25) is 0 Å². The van der Waals surface area contributed by atoms with Gasteiger partial charge in [-0.1, -0.05) is 6.08 Å². The summed E-state index contributed by atoms with van der Waals surface area (Å²) in [7, 11) is 2.77. The van der Waals surface area contributed by atoms with Gasteiger partial charge in [0.2, 0.25) is 5.91 Å². The lowest BCUT2D eigenvalue weighted by Gasteiger charge is -2.13. The number of likely N-dealkylation sites (N-methyl/N-ethyl adjacent to an activating group) is 1. The van der Waals surface area contributed by atoms with Crippen LogP contribution in [0.1, 0.15) is 33.6 Å². The van der Waals surface area contributed by atoms with Gasteiger partial charge in [-0.3, -0.25) is 24.5 Å². The fraction of sp³-hybridized carbons (Fsp3) is 0.389. The molecular weight excluding hydrogens is 392 g/mol. The van der Waals surface area contributed by atoms with Gasteiger partial charge in [0.1, 0.15) is 29.3 Å². The second-order valence-electron chi connectivity index (χ2n) is 5.91. The minimum Gasteiger partial charge on any atom is -0.423 e. The first-order chi connectivity index (χ1) is 13.4. The van der Waals surface area contributed by atoms with Crippen molar-refractivity contribution < 1.29 is 32.8 Å². The molecule has 0 bridgehead atoms. The molecule has 160 valence electrons. The van der Waals surface area contributed by atoms with Crippen molar-refractivity contribution in [2.45, 2.75) is 33.6 Å². The molecule has 0 aromatic heterocycles. The molecule has 0 atom stereocenters. The molecule has 0 saturated heterocycles. The summed E-state index contributed by atoms with van der Waals surface area (Å²) in [5.74, 6) is -3.95. The average Bonchev–Trinajstić information content (AvgIpc) is 2.58. The molecule has 0 saturated carbocycles. The Kier molecular flexibility index (Phi) is 10.7. The Morgan fingerprint density at radius 2 is 1.83 bits per heavy atom. The van der Waals surface area contributed by atoms with Crippen molar-refractivity contribution in [2.75, 3.05) is 14.1 Å². The SMILES string of the molecule is C/C=C(NC(C)=O)\C(=C(/CC(C)=O)OC(=O)C/C=C(F)\C(=C\F)N(C)C)[N+](=O)[O-]. The molecule has 29 heavy (non-hydrogen) atoms. The van der Waals surface area contributed by atoms with E-state index in [1.54, 1.807) is 0 Å². The van der Waals surface area contributed by atoms with E-state index in [2.05, 4.69) is 5.32 Å². The van der Waals surface area contributed by atoms with Crippen molar-refractivity contribution in [2.24, 2.45) is 0 Å². The van der Waals surface area contributed by atoms with Crippen LogP contribution in [0.15, 0.2) is 47.2 Å². The third kappa shape index (κ3) is 8.91. The number of esters is 1. The van der Waals surface area contributed by atoms with Gasteiger partial charge in [0.25, 0.3) is 0 Å². The van der Waals surface area contributed by atoms with Gasteiger partial charge in [-0.25, -0.2) is 8.78 Å². The van der Waals surface area contributed by atoms with E-state index in [4.69, 9.17) is 4.74 Å². The molecule has 0 radical (unpaired) electrons. The summed E-state index contributed by atoms with van der Waals surface area (Å²) in [6, 6.07) is 0. The molecule has 0 aromatic carbocycles. The predicted octanol–water partition coefficient (Wildman–Crippen LogP) is 2.65. The number of allylic oxidation sites excluding steroid dienone is 3. The van der Waals surface area contributed by atoms with E-state index in [0.717, 1.165) is 24.8 Å². The van der Waals surface area contributed by atoms with Crippen LogP contribution in [0, 0.1) is 10.1 Å². The minimum absolute atomic E-state index is 0.00877. The Morgan fingerprint density at radius 3 is 2.21 bits per heavy atom. The summed E-state index contributed by atoms with van der Waals surface area (Å²) >= 11 is 0. The van der Waals surface area contributed by atoms with E-state index in [1.807, 2.05) is 0 Å². The number of carbonyl (C=O) groups is 3. The van der Waals surface area contributed by atoms with Crippen LogP contribution >= 0.6 is 0 Å². The number of nitro groups is 1. The van der Waals surface area contributed by atoms with E-state index < -0.39 is 58.4 Å². The number of amides is 1. The molecule has 0 unspecified atom stereocenters. The molecule has 0 spiro atoms. The Bertz CT molecular complexity index is 797. The number of carbonyl (C=O) groups excluding carboxylic acids is 3. The van der Waals surface area contributed by atoms with Crippen LogP contribution in [0.4, 0.5) is 8.78 Å². The Balaban J connectivity index is 5.90. The quantitative estimate of drug-likeness (QED) is 0.192. The first kappa shape index (κ1) is 25.6. The number of hydrogen-bond acceptors (Lipinski definition) is 7. The lowest BCUT2D eigenvalue weighted by atomic mass is 10.2. The number of Topliss-reactive ketones (excluding diaryl/α,β-unsaturated/α-hetero) is 1. The van der Waals surface area contributed by atoms with Crippen LogP contribution in [0.3, 0.4) is 0 Å². The van der Waals surface area contributed by atoms with Gasteiger partial charge in [0.05, 0.1) is 17.8 Å². The summed E-state index contributed by atoms with van der Waals surface area (Å²) in [6.07, 6.45) is 0.639. The topological polar surface area (TPSA) is 119 Å². The summed E-state index contributed by atoms with van der Waals surface area (Å²) in [4.78, 5) is 46.5. The lowest BCUT2D eigenvalue weighted by molar-refractivity contribution is -0.424. The zero-order valence-electron chi connectivity index (χ0n) is 16.7. The highest BCUT2D eigenvalue weighted by Gasteiger charge is 2.28. The number of hydrogen-bond donors (Lipinski definition) is 1. The summed E-state index contributed by atoms with van der Waals surface area (Å²) < 4.78 is 31.5. The predicted molar refractivity (Wildman–Crippen MR) is 99.7 cm³/mol. The van der Waals surface area contributed by atoms with Gasteiger partial charge in [-0.15, -0.1) is 0 Å². The third-order valence-corrected chi connectivity index (χ3v) is 3.23. The van der Waals surface area contributed by atoms with Crippen LogP contribution in [-0.4, -0.2) is 41.6 Å². The molecule has 1 N–H and O–H groups in total. The maximum Gasteiger partial charge on any atom is 0.330 e. The molecule has 1 amide bonds. The Morgan fingerprint density at radius 1 is 1.24 bits per heavy atom. The van der Waals surface area contributed by atoms with E-state index in [9.17, 15) is 33.3 Å². The number of ether oxygens (including phenoxy) is 1. The van der Waals surface area contributed by atoms with Crippen molar-refractivity contribution in [1.29, 1.82) is 0 Å². The Hall–Kier alpha value is -3.37. The summed E-state index contributed by atoms with van der Waals surface area (Å²) in [5, 5.41) is 13.7. The van der Waals surface area contributed by atoms with Crippen LogP contribution < -0.4 is 5.32 Å². The van der Waals surface area contributed by atoms with Crippen LogP contribution in [0.5, 0.6) is 0 Å². The maximum atomic E-state index is 13.9. The Labute approximate surface area is 166 Å². The molecule has 9 nitrogen and oxygen atoms in total. The number of ketones is 1. The maximum absolute atomic E-state index is 13.9. The number of nitrogens with one attached hydrogen (secondary N) is 1. The second kappa shape index (κ2) is 12.2. The molecule has 0 rings (SSSR count). The molecule has 0 aliphatic carbocycles. The number of halogens is 2. The second-order valence-corrected chi connectivity index (χ2v) is 5.91. The van der Waals surface area contributed by atoms with Crippen LogP contribution in [-0.2, 0) is 19.1 Å². The molecule has 0 fully saturated rings. The molecule has 0 heterocycles. The fourth-order valence-electron chi connectivity index (χ4n) is 2.02. The number of nitrogens with zero attached hydrogens (tertiary/aromatic N) is 2. The highest BCUT2D eigenvalue weighted by Crippen LogP contribution is 2.20. The van der Waals surface area contributed by atoms with Gasteiger partial charge < -0.3 is 15.0 Å². The molecule has 0 aromatic rings. The van der Waals surface area contributed by atoms with Gasteiger partial charge in [-0.05, 0) is 19.9 Å². The normalized spacial score (nSPS) is 13.4. The van der Waals surface area contributed by atoms with E-state index in [-0.39, 0.29) is 12.0 Å².